The minimum absolute atomic E-state index is 0.418. The maximum Gasteiger partial charge on any atom is 0.0493 e. The molecule has 1 atom stereocenters. The van der Waals surface area contributed by atoms with Crippen molar-refractivity contribution in [3.8, 4) is 10.4 Å². The van der Waals surface area contributed by atoms with Gasteiger partial charge < -0.3 is 5.32 Å². The van der Waals surface area contributed by atoms with E-state index in [4.69, 9.17) is 23.2 Å². The van der Waals surface area contributed by atoms with Crippen LogP contribution < -0.4 is 5.32 Å². The molecule has 1 aromatic heterocycles. The van der Waals surface area contributed by atoms with Crippen LogP contribution in [0.15, 0.2) is 30.3 Å². The highest BCUT2D eigenvalue weighted by Crippen LogP contribution is 2.37. The number of benzene rings is 1. The summed E-state index contributed by atoms with van der Waals surface area (Å²) in [7, 11) is 0. The zero-order chi connectivity index (χ0) is 13.8. The van der Waals surface area contributed by atoms with Crippen molar-refractivity contribution in [2.75, 3.05) is 6.54 Å². The lowest BCUT2D eigenvalue weighted by atomic mass is 10.1. The third kappa shape index (κ3) is 3.51. The van der Waals surface area contributed by atoms with Gasteiger partial charge in [0.15, 0.2) is 0 Å². The topological polar surface area (TPSA) is 12.0 Å². The predicted octanol–water partition coefficient (Wildman–Crippen LogP) is 5.78. The Morgan fingerprint density at radius 3 is 2.63 bits per heavy atom. The number of hydrogen-bond donors (Lipinski definition) is 1. The summed E-state index contributed by atoms with van der Waals surface area (Å²) in [6.45, 7) is 5.30. The van der Waals surface area contributed by atoms with E-state index in [-0.39, 0.29) is 0 Å². The Balaban J connectivity index is 2.32. The van der Waals surface area contributed by atoms with Crippen LogP contribution >= 0.6 is 34.5 Å². The highest BCUT2D eigenvalue weighted by molar-refractivity contribution is 7.15. The first-order chi connectivity index (χ1) is 9.15. The lowest BCUT2D eigenvalue weighted by Gasteiger charge is -2.13. The molecule has 19 heavy (non-hydrogen) atoms. The van der Waals surface area contributed by atoms with Crippen LogP contribution in [0.3, 0.4) is 0 Å². The van der Waals surface area contributed by atoms with Crippen LogP contribution in [-0.4, -0.2) is 6.54 Å². The van der Waals surface area contributed by atoms with Crippen molar-refractivity contribution in [3.63, 3.8) is 0 Å². The van der Waals surface area contributed by atoms with Gasteiger partial charge in [0.05, 0.1) is 0 Å². The van der Waals surface area contributed by atoms with Crippen LogP contribution in [0, 0.1) is 0 Å². The van der Waals surface area contributed by atoms with Crippen molar-refractivity contribution in [3.05, 3.63) is 45.3 Å². The van der Waals surface area contributed by atoms with Gasteiger partial charge in [-0.05, 0) is 43.3 Å². The summed E-state index contributed by atoms with van der Waals surface area (Å²) < 4.78 is 0. The molecule has 4 heteroatoms. The highest BCUT2D eigenvalue weighted by Gasteiger charge is 2.13. The van der Waals surface area contributed by atoms with Crippen molar-refractivity contribution in [1.29, 1.82) is 0 Å². The highest BCUT2D eigenvalue weighted by atomic mass is 35.5. The fraction of sp³-hybridized carbons (Fsp3) is 0.333. The number of nitrogens with one attached hydrogen (secondary N) is 1. The Labute approximate surface area is 128 Å². The second-order valence-electron chi connectivity index (χ2n) is 4.34. The second kappa shape index (κ2) is 6.76. The van der Waals surface area contributed by atoms with E-state index in [2.05, 4.69) is 31.3 Å². The van der Waals surface area contributed by atoms with E-state index in [9.17, 15) is 0 Å². The molecule has 2 aromatic rings. The summed E-state index contributed by atoms with van der Waals surface area (Å²) in [5, 5.41) is 4.95. The fourth-order valence-electron chi connectivity index (χ4n) is 2.06. The summed E-state index contributed by atoms with van der Waals surface area (Å²) in [5.74, 6) is 0. The van der Waals surface area contributed by atoms with E-state index in [1.54, 1.807) is 11.3 Å². The van der Waals surface area contributed by atoms with Crippen LogP contribution in [0.1, 0.15) is 31.2 Å². The largest absolute Gasteiger partial charge is 0.310 e. The Hall–Kier alpha value is -0.540. The Kier molecular flexibility index (Phi) is 5.28. The van der Waals surface area contributed by atoms with Gasteiger partial charge in [-0.1, -0.05) is 37.0 Å². The fourth-order valence-corrected chi connectivity index (χ4v) is 3.71. The van der Waals surface area contributed by atoms with Gasteiger partial charge in [-0.2, -0.15) is 0 Å². The summed E-state index contributed by atoms with van der Waals surface area (Å²) in [6, 6.07) is 10.3. The van der Waals surface area contributed by atoms with Gasteiger partial charge in [-0.3, -0.25) is 0 Å². The van der Waals surface area contributed by atoms with E-state index >= 15 is 0 Å². The monoisotopic (exact) mass is 313 g/mol. The minimum atomic E-state index is 0.418. The van der Waals surface area contributed by atoms with E-state index in [1.165, 1.54) is 9.75 Å². The van der Waals surface area contributed by atoms with Gasteiger partial charge in [0.1, 0.15) is 0 Å². The van der Waals surface area contributed by atoms with Crippen molar-refractivity contribution in [2.24, 2.45) is 0 Å². The molecule has 0 aliphatic heterocycles. The molecule has 1 heterocycles. The van der Waals surface area contributed by atoms with Crippen LogP contribution in [0.25, 0.3) is 10.4 Å². The molecule has 0 fully saturated rings. The Morgan fingerprint density at radius 1 is 1.16 bits per heavy atom. The van der Waals surface area contributed by atoms with Gasteiger partial charge in [-0.25, -0.2) is 0 Å². The second-order valence-corrected chi connectivity index (χ2v) is 6.30. The molecule has 0 aliphatic carbocycles. The van der Waals surface area contributed by atoms with Crippen molar-refractivity contribution < 1.29 is 0 Å². The molecule has 0 spiro atoms. The maximum atomic E-state index is 6.25. The molecule has 0 bridgehead atoms. The lowest BCUT2D eigenvalue weighted by molar-refractivity contribution is 0.545. The molecule has 0 saturated heterocycles. The number of thiophene rings is 1. The molecule has 1 aromatic carbocycles. The summed E-state index contributed by atoms with van der Waals surface area (Å²) >= 11 is 14.1. The molecular weight excluding hydrogens is 297 g/mol. The summed E-state index contributed by atoms with van der Waals surface area (Å²) in [4.78, 5) is 2.51. The van der Waals surface area contributed by atoms with E-state index < -0.39 is 0 Å². The maximum absolute atomic E-state index is 6.25. The smallest absolute Gasteiger partial charge is 0.0493 e. The Morgan fingerprint density at radius 2 is 1.95 bits per heavy atom. The molecule has 1 N–H and O–H groups in total. The van der Waals surface area contributed by atoms with Gasteiger partial charge in [0, 0.05) is 31.4 Å². The van der Waals surface area contributed by atoms with Gasteiger partial charge in [0.2, 0.25) is 0 Å². The first-order valence-electron chi connectivity index (χ1n) is 6.44. The number of rotatable bonds is 5. The zero-order valence-electron chi connectivity index (χ0n) is 11.0. The first kappa shape index (κ1) is 14.9. The van der Waals surface area contributed by atoms with Gasteiger partial charge in [-0.15, -0.1) is 11.3 Å². The molecule has 1 unspecified atom stereocenters. The zero-order valence-corrected chi connectivity index (χ0v) is 13.4. The van der Waals surface area contributed by atoms with Crippen molar-refractivity contribution >= 4 is 34.5 Å². The van der Waals surface area contributed by atoms with E-state index in [0.29, 0.717) is 11.1 Å². The van der Waals surface area contributed by atoms with Crippen LogP contribution in [0.4, 0.5) is 0 Å². The normalized spacial score (nSPS) is 12.6. The van der Waals surface area contributed by atoms with Gasteiger partial charge >= 0.3 is 0 Å². The average Bonchev–Trinajstić information content (AvgIpc) is 2.88. The van der Waals surface area contributed by atoms with E-state index in [0.717, 1.165) is 23.6 Å². The molecule has 0 saturated carbocycles. The molecule has 0 radical (unpaired) electrons. The summed E-state index contributed by atoms with van der Waals surface area (Å²) in [5.41, 5.74) is 1.01. The first-order valence-corrected chi connectivity index (χ1v) is 8.01. The molecular formula is C15H17Cl2NS. The molecule has 2 rings (SSSR count). The van der Waals surface area contributed by atoms with Gasteiger partial charge in [0.25, 0.3) is 0 Å². The number of halogens is 2. The van der Waals surface area contributed by atoms with E-state index in [1.807, 2.05) is 18.2 Å². The van der Waals surface area contributed by atoms with Crippen LogP contribution in [0.5, 0.6) is 0 Å². The summed E-state index contributed by atoms with van der Waals surface area (Å²) in [6.07, 6.45) is 1.08. The predicted molar refractivity (Wildman–Crippen MR) is 86.5 cm³/mol. The van der Waals surface area contributed by atoms with Crippen LogP contribution in [-0.2, 0) is 0 Å². The minimum Gasteiger partial charge on any atom is -0.310 e. The third-order valence-electron chi connectivity index (χ3n) is 3.02. The molecule has 0 amide bonds. The lowest BCUT2D eigenvalue weighted by Crippen LogP contribution is -2.18. The molecule has 102 valence electrons. The number of hydrogen-bond acceptors (Lipinski definition) is 2. The van der Waals surface area contributed by atoms with Crippen LogP contribution in [0.2, 0.25) is 10.0 Å². The molecule has 1 nitrogen and oxygen atoms in total. The third-order valence-corrected chi connectivity index (χ3v) is 4.82. The Bertz CT molecular complexity index is 551. The molecule has 0 aliphatic rings. The quantitative estimate of drug-likeness (QED) is 0.737. The van der Waals surface area contributed by atoms with Crippen molar-refractivity contribution in [2.45, 2.75) is 26.3 Å². The van der Waals surface area contributed by atoms with Crippen molar-refractivity contribution in [1.82, 2.24) is 5.32 Å². The standard InChI is InChI=1S/C15H17Cl2NS/c1-3-13(18-4-2)15-8-7-14(19-15)11-9-10(16)5-6-12(11)17/h5-9,13,18H,3-4H2,1-2H3. The average molecular weight is 314 g/mol. The SMILES string of the molecule is CCNC(CC)c1ccc(-c2cc(Cl)ccc2Cl)s1.